The summed E-state index contributed by atoms with van der Waals surface area (Å²) in [6, 6.07) is 11.4. The molecule has 2 N–H and O–H groups in total. The molecular formula is C12H8N2O2. The molecule has 0 aliphatic heterocycles. The molecule has 0 fully saturated rings. The second-order valence-electron chi connectivity index (χ2n) is 3.62. The lowest BCUT2D eigenvalue weighted by molar-refractivity contribution is 1.15. The number of H-pyrrole nitrogens is 2. The quantitative estimate of drug-likeness (QED) is 0.436. The summed E-state index contributed by atoms with van der Waals surface area (Å²) in [5, 5.41) is 1.95. The molecule has 1 heterocycles. The SMILES string of the molecule is O=c1[nH]c2ccc3ccccc3c2[nH]c1=O. The zero-order valence-corrected chi connectivity index (χ0v) is 8.28. The molecule has 0 unspecified atom stereocenters. The van der Waals surface area contributed by atoms with E-state index >= 15 is 0 Å². The van der Waals surface area contributed by atoms with Crippen LogP contribution in [0.4, 0.5) is 0 Å². The van der Waals surface area contributed by atoms with Crippen molar-refractivity contribution in [3.05, 3.63) is 57.1 Å². The predicted molar refractivity (Wildman–Crippen MR) is 62.7 cm³/mol. The molecule has 78 valence electrons. The second-order valence-corrected chi connectivity index (χ2v) is 3.62. The fourth-order valence-corrected chi connectivity index (χ4v) is 1.86. The Morgan fingerprint density at radius 1 is 0.812 bits per heavy atom. The topological polar surface area (TPSA) is 65.7 Å². The minimum Gasteiger partial charge on any atom is -0.316 e. The number of hydrogen-bond donors (Lipinski definition) is 2. The van der Waals surface area contributed by atoms with Crippen LogP contribution < -0.4 is 11.1 Å². The summed E-state index contributed by atoms with van der Waals surface area (Å²) in [5.41, 5.74) is 0.0673. The van der Waals surface area contributed by atoms with Gasteiger partial charge in [-0.25, -0.2) is 0 Å². The maximum absolute atomic E-state index is 11.3. The number of fused-ring (bicyclic) bond motifs is 3. The van der Waals surface area contributed by atoms with Crippen LogP contribution in [-0.2, 0) is 0 Å². The average Bonchev–Trinajstić information content (AvgIpc) is 2.31. The number of rotatable bonds is 0. The molecule has 0 aliphatic carbocycles. The molecule has 4 heteroatoms. The van der Waals surface area contributed by atoms with Crippen LogP contribution in [0.25, 0.3) is 21.8 Å². The lowest BCUT2D eigenvalue weighted by Gasteiger charge is -2.02. The first kappa shape index (κ1) is 8.91. The maximum atomic E-state index is 11.3. The first-order valence-electron chi connectivity index (χ1n) is 4.90. The number of nitrogens with one attached hydrogen (secondary N) is 2. The highest BCUT2D eigenvalue weighted by molar-refractivity contribution is 6.03. The summed E-state index contributed by atoms with van der Waals surface area (Å²) in [4.78, 5) is 27.6. The summed E-state index contributed by atoms with van der Waals surface area (Å²) in [6.07, 6.45) is 0. The molecular weight excluding hydrogens is 204 g/mol. The largest absolute Gasteiger partial charge is 0.316 e. The van der Waals surface area contributed by atoms with Crippen LogP contribution in [0.5, 0.6) is 0 Å². The van der Waals surface area contributed by atoms with Gasteiger partial charge in [-0.15, -0.1) is 0 Å². The summed E-state index contributed by atoms with van der Waals surface area (Å²) in [6.45, 7) is 0. The van der Waals surface area contributed by atoms with E-state index in [1.165, 1.54) is 0 Å². The molecule has 3 rings (SSSR count). The molecule has 0 saturated heterocycles. The fraction of sp³-hybridized carbons (Fsp3) is 0. The molecule has 0 atom stereocenters. The Balaban J connectivity index is 2.65. The Labute approximate surface area is 89.6 Å². The van der Waals surface area contributed by atoms with E-state index in [9.17, 15) is 9.59 Å². The minimum atomic E-state index is -0.622. The molecule has 0 saturated carbocycles. The van der Waals surface area contributed by atoms with Gasteiger partial charge in [-0.2, -0.15) is 0 Å². The first-order chi connectivity index (χ1) is 7.75. The summed E-state index contributed by atoms with van der Waals surface area (Å²) in [7, 11) is 0. The lowest BCUT2D eigenvalue weighted by Crippen LogP contribution is -2.28. The van der Waals surface area contributed by atoms with Crippen molar-refractivity contribution in [1.82, 2.24) is 9.97 Å². The highest BCUT2D eigenvalue weighted by Crippen LogP contribution is 2.20. The van der Waals surface area contributed by atoms with Gasteiger partial charge in [-0.3, -0.25) is 9.59 Å². The Kier molecular flexibility index (Phi) is 1.71. The van der Waals surface area contributed by atoms with Crippen LogP contribution in [0.2, 0.25) is 0 Å². The predicted octanol–water partition coefficient (Wildman–Crippen LogP) is 1.37. The van der Waals surface area contributed by atoms with Gasteiger partial charge >= 0.3 is 11.1 Å². The number of aromatic amines is 2. The van der Waals surface area contributed by atoms with E-state index < -0.39 is 11.1 Å². The Morgan fingerprint density at radius 3 is 2.44 bits per heavy atom. The molecule has 0 aliphatic rings. The van der Waals surface area contributed by atoms with Crippen LogP contribution in [-0.4, -0.2) is 9.97 Å². The van der Waals surface area contributed by atoms with E-state index in [1.54, 1.807) is 6.07 Å². The highest BCUT2D eigenvalue weighted by atomic mass is 16.2. The van der Waals surface area contributed by atoms with Crippen molar-refractivity contribution in [2.45, 2.75) is 0 Å². The van der Waals surface area contributed by atoms with Gasteiger partial charge in [0.25, 0.3) is 0 Å². The lowest BCUT2D eigenvalue weighted by atomic mass is 10.1. The van der Waals surface area contributed by atoms with Crippen molar-refractivity contribution in [3.8, 4) is 0 Å². The van der Waals surface area contributed by atoms with E-state index in [0.29, 0.717) is 11.0 Å². The molecule has 1 aromatic heterocycles. The Morgan fingerprint density at radius 2 is 1.56 bits per heavy atom. The zero-order valence-electron chi connectivity index (χ0n) is 8.28. The van der Waals surface area contributed by atoms with Gasteiger partial charge in [0.15, 0.2) is 0 Å². The van der Waals surface area contributed by atoms with Gasteiger partial charge < -0.3 is 9.97 Å². The van der Waals surface area contributed by atoms with Crippen molar-refractivity contribution in [1.29, 1.82) is 0 Å². The normalized spacial score (nSPS) is 11.0. The molecule has 16 heavy (non-hydrogen) atoms. The van der Waals surface area contributed by atoms with Gasteiger partial charge in [0.2, 0.25) is 0 Å². The Hall–Kier alpha value is -2.36. The molecule has 2 aromatic carbocycles. The van der Waals surface area contributed by atoms with E-state index in [-0.39, 0.29) is 0 Å². The smallest absolute Gasteiger partial charge is 0.314 e. The summed E-state index contributed by atoms with van der Waals surface area (Å²) < 4.78 is 0. The number of benzene rings is 2. The van der Waals surface area contributed by atoms with Crippen molar-refractivity contribution >= 4 is 21.8 Å². The third-order valence-corrected chi connectivity index (χ3v) is 2.62. The van der Waals surface area contributed by atoms with Gasteiger partial charge in [-0.1, -0.05) is 30.3 Å². The van der Waals surface area contributed by atoms with Crippen LogP contribution in [0.3, 0.4) is 0 Å². The minimum absolute atomic E-state index is 0.621. The molecule has 4 nitrogen and oxygen atoms in total. The van der Waals surface area contributed by atoms with Crippen molar-refractivity contribution in [3.63, 3.8) is 0 Å². The number of hydrogen-bond acceptors (Lipinski definition) is 2. The van der Waals surface area contributed by atoms with Crippen molar-refractivity contribution < 1.29 is 0 Å². The molecule has 0 spiro atoms. The maximum Gasteiger partial charge on any atom is 0.314 e. The van der Waals surface area contributed by atoms with E-state index in [0.717, 1.165) is 10.8 Å². The summed E-state index contributed by atoms with van der Waals surface area (Å²) >= 11 is 0. The third kappa shape index (κ3) is 1.16. The third-order valence-electron chi connectivity index (χ3n) is 2.62. The first-order valence-corrected chi connectivity index (χ1v) is 4.90. The van der Waals surface area contributed by atoms with Crippen LogP contribution in [0.1, 0.15) is 0 Å². The van der Waals surface area contributed by atoms with Gasteiger partial charge in [-0.05, 0) is 11.5 Å². The van der Waals surface area contributed by atoms with E-state index in [1.807, 2.05) is 30.3 Å². The van der Waals surface area contributed by atoms with Crippen LogP contribution in [0.15, 0.2) is 46.0 Å². The van der Waals surface area contributed by atoms with Crippen LogP contribution in [0, 0.1) is 0 Å². The van der Waals surface area contributed by atoms with Gasteiger partial charge in [0, 0.05) is 5.39 Å². The van der Waals surface area contributed by atoms with Crippen LogP contribution >= 0.6 is 0 Å². The van der Waals surface area contributed by atoms with E-state index in [4.69, 9.17) is 0 Å². The van der Waals surface area contributed by atoms with Gasteiger partial charge in [0.1, 0.15) is 0 Å². The average molecular weight is 212 g/mol. The monoisotopic (exact) mass is 212 g/mol. The van der Waals surface area contributed by atoms with E-state index in [2.05, 4.69) is 9.97 Å². The molecule has 0 bridgehead atoms. The Bertz CT molecular complexity index is 799. The molecule has 0 radical (unpaired) electrons. The molecule has 3 aromatic rings. The van der Waals surface area contributed by atoms with Crippen molar-refractivity contribution in [2.75, 3.05) is 0 Å². The van der Waals surface area contributed by atoms with Crippen molar-refractivity contribution in [2.24, 2.45) is 0 Å². The molecule has 0 amide bonds. The standard InChI is InChI=1S/C12H8N2O2/c15-11-12(16)14-10-8-4-2-1-3-7(8)5-6-9(10)13-11/h1-6H,(H,13,15)(H,14,16). The summed E-state index contributed by atoms with van der Waals surface area (Å²) in [5.74, 6) is 0. The second kappa shape index (κ2) is 3.06. The zero-order chi connectivity index (χ0) is 11.1. The number of aromatic nitrogens is 2. The highest BCUT2D eigenvalue weighted by Gasteiger charge is 2.02. The van der Waals surface area contributed by atoms with Gasteiger partial charge in [0.05, 0.1) is 11.0 Å². The fourth-order valence-electron chi connectivity index (χ4n) is 1.86.